The van der Waals surface area contributed by atoms with E-state index < -0.39 is 54.0 Å². The first kappa shape index (κ1) is 24.1. The van der Waals surface area contributed by atoms with E-state index in [-0.39, 0.29) is 11.7 Å². The van der Waals surface area contributed by atoms with Crippen LogP contribution in [-0.2, 0) is 19.2 Å². The highest BCUT2D eigenvalue weighted by Gasteiger charge is 2.31. The number of thiol groups is 1. The van der Waals surface area contributed by atoms with Crippen molar-refractivity contribution < 1.29 is 29.4 Å². The number of aliphatic hydroxyl groups excluding tert-OH is 1. The van der Waals surface area contributed by atoms with Gasteiger partial charge >= 0.3 is 5.97 Å². The lowest BCUT2D eigenvalue weighted by atomic mass is 10.0. The zero-order chi connectivity index (χ0) is 20.6. The number of carbonyl (C=O) groups excluding carboxylic acids is 3. The largest absolute Gasteiger partial charge is 0.480 e. The number of amides is 3. The number of hydrogen-bond donors (Lipinski definition) is 7. The number of hydrogen-bond acceptors (Lipinski definition) is 7. The molecule has 0 saturated heterocycles. The predicted octanol–water partition coefficient (Wildman–Crippen LogP) is -2.16. The molecule has 5 atom stereocenters. The molecular formula is C15H28N4O6S. The molecule has 7 N–H and O–H groups in total. The molecule has 0 fully saturated rings. The molecule has 26 heavy (non-hydrogen) atoms. The number of aliphatic hydroxyl groups is 1. The van der Waals surface area contributed by atoms with Crippen LogP contribution in [0.1, 0.15) is 27.7 Å². The summed E-state index contributed by atoms with van der Waals surface area (Å²) in [7, 11) is 0. The summed E-state index contributed by atoms with van der Waals surface area (Å²) in [5.41, 5.74) is 5.54. The van der Waals surface area contributed by atoms with Crippen LogP contribution in [0.3, 0.4) is 0 Å². The smallest absolute Gasteiger partial charge is 0.325 e. The average Bonchev–Trinajstić information content (AvgIpc) is 2.55. The summed E-state index contributed by atoms with van der Waals surface area (Å²) in [5, 5.41) is 25.3. The van der Waals surface area contributed by atoms with Crippen LogP contribution >= 0.6 is 12.6 Å². The Hall–Kier alpha value is -1.85. The van der Waals surface area contributed by atoms with E-state index in [1.54, 1.807) is 13.8 Å². The summed E-state index contributed by atoms with van der Waals surface area (Å²) in [4.78, 5) is 47.3. The van der Waals surface area contributed by atoms with Crippen LogP contribution in [0.15, 0.2) is 0 Å². The summed E-state index contributed by atoms with van der Waals surface area (Å²) >= 11 is 3.99. The third-order valence-corrected chi connectivity index (χ3v) is 3.98. The number of carboxylic acids is 1. The molecule has 3 amide bonds. The van der Waals surface area contributed by atoms with Crippen molar-refractivity contribution in [2.75, 3.05) is 5.75 Å². The first-order chi connectivity index (χ1) is 11.9. The number of nitrogens with two attached hydrogens (primary N) is 1. The number of nitrogens with one attached hydrogen (secondary N) is 3. The van der Waals surface area contributed by atoms with Crippen LogP contribution in [0.2, 0.25) is 0 Å². The van der Waals surface area contributed by atoms with Gasteiger partial charge in [0.2, 0.25) is 17.7 Å². The number of carboxylic acid groups (broad SMARTS) is 1. The van der Waals surface area contributed by atoms with Gasteiger partial charge in [0.1, 0.15) is 24.2 Å². The standard InChI is InChI=1S/C15H28N4O6S/c1-6(2)11(19-13(22)10(16)8(4)20)14(23)18-9(5-26)12(21)17-7(3)15(24)25/h6-11,20,26H,5,16H2,1-4H3,(H,17,21)(H,18,23)(H,19,22)(H,24,25). The molecule has 0 aromatic rings. The van der Waals surface area contributed by atoms with E-state index in [4.69, 9.17) is 10.8 Å². The lowest BCUT2D eigenvalue weighted by Crippen LogP contribution is -2.59. The first-order valence-electron chi connectivity index (χ1n) is 8.10. The molecule has 5 unspecified atom stereocenters. The predicted molar refractivity (Wildman–Crippen MR) is 97.4 cm³/mol. The van der Waals surface area contributed by atoms with E-state index >= 15 is 0 Å². The minimum atomic E-state index is -1.22. The Bertz CT molecular complexity index is 528. The Morgan fingerprint density at radius 2 is 1.50 bits per heavy atom. The molecule has 0 aliphatic carbocycles. The third kappa shape index (κ3) is 7.58. The second-order valence-electron chi connectivity index (χ2n) is 6.31. The second-order valence-corrected chi connectivity index (χ2v) is 6.67. The van der Waals surface area contributed by atoms with Crippen molar-refractivity contribution in [3.63, 3.8) is 0 Å². The number of carbonyl (C=O) groups is 4. The SMILES string of the molecule is CC(NC(=O)C(CS)NC(=O)C(NC(=O)C(N)C(C)O)C(C)C)C(=O)O. The van der Waals surface area contributed by atoms with Crippen LogP contribution in [-0.4, -0.2) is 69.9 Å². The average molecular weight is 392 g/mol. The van der Waals surface area contributed by atoms with Gasteiger partial charge in [-0.15, -0.1) is 0 Å². The third-order valence-electron chi connectivity index (χ3n) is 3.61. The molecular weight excluding hydrogens is 364 g/mol. The van der Waals surface area contributed by atoms with Gasteiger partial charge in [-0.25, -0.2) is 0 Å². The summed E-state index contributed by atoms with van der Waals surface area (Å²) in [5.74, 6) is -3.69. The van der Waals surface area contributed by atoms with Crippen molar-refractivity contribution in [3.05, 3.63) is 0 Å². The van der Waals surface area contributed by atoms with Crippen LogP contribution in [0.4, 0.5) is 0 Å². The maximum absolute atomic E-state index is 12.4. The minimum Gasteiger partial charge on any atom is -0.480 e. The number of rotatable bonds is 10. The minimum absolute atomic E-state index is 0.0735. The van der Waals surface area contributed by atoms with Gasteiger partial charge in [0, 0.05) is 5.75 Å². The van der Waals surface area contributed by atoms with Gasteiger partial charge in [-0.05, 0) is 19.8 Å². The molecule has 0 aromatic heterocycles. The molecule has 0 saturated carbocycles. The molecule has 10 nitrogen and oxygen atoms in total. The van der Waals surface area contributed by atoms with E-state index in [0.717, 1.165) is 0 Å². The Labute approximate surface area is 157 Å². The molecule has 0 aliphatic heterocycles. The van der Waals surface area contributed by atoms with Gasteiger partial charge in [-0.2, -0.15) is 12.6 Å². The van der Waals surface area contributed by atoms with Crippen LogP contribution in [0, 0.1) is 5.92 Å². The Kier molecular flexibility index (Phi) is 10.2. The van der Waals surface area contributed by atoms with Crippen molar-refractivity contribution >= 4 is 36.3 Å². The van der Waals surface area contributed by atoms with Crippen molar-refractivity contribution in [1.82, 2.24) is 16.0 Å². The van der Waals surface area contributed by atoms with E-state index in [1.165, 1.54) is 13.8 Å². The van der Waals surface area contributed by atoms with Crippen LogP contribution in [0.25, 0.3) is 0 Å². The molecule has 0 bridgehead atoms. The van der Waals surface area contributed by atoms with Gasteiger partial charge in [0.15, 0.2) is 0 Å². The summed E-state index contributed by atoms with van der Waals surface area (Å²) < 4.78 is 0. The fraction of sp³-hybridized carbons (Fsp3) is 0.733. The molecule has 0 heterocycles. The van der Waals surface area contributed by atoms with E-state index in [9.17, 15) is 24.3 Å². The lowest BCUT2D eigenvalue weighted by Gasteiger charge is -2.26. The zero-order valence-corrected chi connectivity index (χ0v) is 16.1. The van der Waals surface area contributed by atoms with Gasteiger partial charge in [-0.3, -0.25) is 19.2 Å². The fourth-order valence-electron chi connectivity index (χ4n) is 1.83. The van der Waals surface area contributed by atoms with Gasteiger partial charge < -0.3 is 31.9 Å². The molecule has 11 heteroatoms. The topological polar surface area (TPSA) is 171 Å². The van der Waals surface area contributed by atoms with Crippen molar-refractivity contribution in [2.45, 2.75) is 58.0 Å². The Balaban J connectivity index is 5.04. The highest BCUT2D eigenvalue weighted by Crippen LogP contribution is 2.04. The summed E-state index contributed by atoms with van der Waals surface area (Å²) in [6.07, 6.45) is -1.10. The van der Waals surface area contributed by atoms with Gasteiger partial charge in [-0.1, -0.05) is 13.8 Å². The van der Waals surface area contributed by atoms with Crippen molar-refractivity contribution in [3.8, 4) is 0 Å². The first-order valence-corrected chi connectivity index (χ1v) is 8.74. The fourth-order valence-corrected chi connectivity index (χ4v) is 2.09. The highest BCUT2D eigenvalue weighted by molar-refractivity contribution is 7.80. The summed E-state index contributed by atoms with van der Waals surface area (Å²) in [6, 6.07) is -4.42. The van der Waals surface area contributed by atoms with Crippen LogP contribution < -0.4 is 21.7 Å². The molecule has 0 rings (SSSR count). The lowest BCUT2D eigenvalue weighted by molar-refractivity contribution is -0.141. The normalized spacial score (nSPS) is 16.8. The monoisotopic (exact) mass is 392 g/mol. The molecule has 0 radical (unpaired) electrons. The zero-order valence-electron chi connectivity index (χ0n) is 15.2. The quantitative estimate of drug-likeness (QED) is 0.207. The maximum Gasteiger partial charge on any atom is 0.325 e. The highest BCUT2D eigenvalue weighted by atomic mass is 32.1. The van der Waals surface area contributed by atoms with E-state index in [2.05, 4.69) is 28.6 Å². The number of aliphatic carboxylic acids is 1. The maximum atomic E-state index is 12.4. The molecule has 0 aliphatic rings. The Morgan fingerprint density at radius 3 is 1.88 bits per heavy atom. The Morgan fingerprint density at radius 1 is 0.962 bits per heavy atom. The van der Waals surface area contributed by atoms with E-state index in [1.807, 2.05) is 0 Å². The second kappa shape index (κ2) is 11.0. The van der Waals surface area contributed by atoms with Gasteiger partial charge in [0.25, 0.3) is 0 Å². The molecule has 0 aromatic carbocycles. The van der Waals surface area contributed by atoms with E-state index in [0.29, 0.717) is 0 Å². The van der Waals surface area contributed by atoms with Gasteiger partial charge in [0.05, 0.1) is 6.10 Å². The van der Waals surface area contributed by atoms with Crippen molar-refractivity contribution in [2.24, 2.45) is 11.7 Å². The molecule has 150 valence electrons. The van der Waals surface area contributed by atoms with Crippen LogP contribution in [0.5, 0.6) is 0 Å². The van der Waals surface area contributed by atoms with Crippen molar-refractivity contribution in [1.29, 1.82) is 0 Å². The molecule has 0 spiro atoms. The summed E-state index contributed by atoms with van der Waals surface area (Å²) in [6.45, 7) is 5.99.